The van der Waals surface area contributed by atoms with Crippen LogP contribution in [0.5, 0.6) is 0 Å². The second-order valence-corrected chi connectivity index (χ2v) is 5.23. The molecule has 0 saturated carbocycles. The van der Waals surface area contributed by atoms with Crippen LogP contribution in [0.25, 0.3) is 0 Å². The Kier molecular flexibility index (Phi) is 12.0. The quantitative estimate of drug-likeness (QED) is 0.462. The van der Waals surface area contributed by atoms with Crippen molar-refractivity contribution in [1.29, 1.82) is 0 Å². The minimum Gasteiger partial charge on any atom is -0.487 e. The van der Waals surface area contributed by atoms with E-state index < -0.39 is 0 Å². The second kappa shape index (κ2) is 12.3. The molecule has 0 unspecified atom stereocenters. The second-order valence-electron chi connectivity index (χ2n) is 3.40. The summed E-state index contributed by atoms with van der Waals surface area (Å²) in [6.45, 7) is 5.37. The largest absolute Gasteiger partial charge is 0.487 e. The van der Waals surface area contributed by atoms with Gasteiger partial charge in [-0.15, -0.1) is 0 Å². The number of rotatable bonds is 9. The van der Waals surface area contributed by atoms with Gasteiger partial charge < -0.3 is 18.9 Å². The van der Waals surface area contributed by atoms with E-state index in [9.17, 15) is 0 Å². The zero-order valence-corrected chi connectivity index (χ0v) is 14.8. The highest BCUT2D eigenvalue weighted by Crippen LogP contribution is 1.99. The van der Waals surface area contributed by atoms with Crippen molar-refractivity contribution in [3.63, 3.8) is 0 Å². The first kappa shape index (κ1) is 19.6. The van der Waals surface area contributed by atoms with Crippen LogP contribution in [0.4, 0.5) is 0 Å². The molecular formula is C12H18O4S4. The van der Waals surface area contributed by atoms with Crippen molar-refractivity contribution in [2.45, 2.75) is 26.7 Å². The van der Waals surface area contributed by atoms with E-state index in [1.807, 2.05) is 13.8 Å². The average Bonchev–Trinajstić information content (AvgIpc) is 2.35. The molecule has 0 N–H and O–H groups in total. The summed E-state index contributed by atoms with van der Waals surface area (Å²) in [4.78, 5) is 0. The third-order valence-corrected chi connectivity index (χ3v) is 2.85. The van der Waals surface area contributed by atoms with Gasteiger partial charge in [-0.2, -0.15) is 0 Å². The van der Waals surface area contributed by atoms with E-state index in [1.54, 1.807) is 0 Å². The van der Waals surface area contributed by atoms with Crippen LogP contribution >= 0.6 is 48.9 Å². The van der Waals surface area contributed by atoms with E-state index in [1.165, 1.54) is 0 Å². The van der Waals surface area contributed by atoms with E-state index in [4.69, 9.17) is 67.8 Å². The van der Waals surface area contributed by atoms with Crippen LogP contribution in [0.3, 0.4) is 0 Å². The number of thiocarbonyl (C=S) groups is 4. The molecular weight excluding hydrogens is 336 g/mol. The first-order chi connectivity index (χ1) is 9.49. The van der Waals surface area contributed by atoms with Gasteiger partial charge in [-0.25, -0.2) is 0 Å². The number of hydrogen-bond donors (Lipinski definition) is 0. The standard InChI is InChI=1S/C12H18O4S4/c1-3-13-9(17)7-11(19)15-5-6-16-12(20)8-10(18)14-4-2/h3-8H2,1-2H3. The fourth-order valence-electron chi connectivity index (χ4n) is 1.07. The maximum Gasteiger partial charge on any atom is 0.168 e. The van der Waals surface area contributed by atoms with Crippen LogP contribution in [0.15, 0.2) is 0 Å². The molecule has 0 atom stereocenters. The highest BCUT2D eigenvalue weighted by molar-refractivity contribution is 7.82. The molecule has 0 aliphatic carbocycles. The van der Waals surface area contributed by atoms with Gasteiger partial charge in [-0.1, -0.05) is 0 Å². The molecule has 0 rings (SSSR count). The lowest BCUT2D eigenvalue weighted by Gasteiger charge is -2.11. The molecule has 4 nitrogen and oxygen atoms in total. The van der Waals surface area contributed by atoms with Crippen molar-refractivity contribution in [2.75, 3.05) is 26.4 Å². The molecule has 0 spiro atoms. The molecule has 0 saturated heterocycles. The zero-order valence-electron chi connectivity index (χ0n) is 11.5. The fourth-order valence-corrected chi connectivity index (χ4v) is 2.18. The minimum atomic E-state index is 0.301. The van der Waals surface area contributed by atoms with Crippen LogP contribution in [-0.2, 0) is 18.9 Å². The zero-order chi connectivity index (χ0) is 15.4. The molecule has 20 heavy (non-hydrogen) atoms. The summed E-state index contributed by atoms with van der Waals surface area (Å²) in [7, 11) is 0. The Morgan fingerprint density at radius 2 is 0.900 bits per heavy atom. The summed E-state index contributed by atoms with van der Waals surface area (Å²) in [5, 5.41) is 1.61. The SMILES string of the molecule is CCOC(=S)CC(=S)OCCOC(=S)CC(=S)OCC. The lowest BCUT2D eigenvalue weighted by atomic mass is 10.5. The summed E-state index contributed by atoms with van der Waals surface area (Å²) in [5.41, 5.74) is 0. The van der Waals surface area contributed by atoms with E-state index in [2.05, 4.69) is 0 Å². The van der Waals surface area contributed by atoms with Crippen molar-refractivity contribution < 1.29 is 18.9 Å². The van der Waals surface area contributed by atoms with E-state index in [-0.39, 0.29) is 0 Å². The molecule has 0 amide bonds. The maximum atomic E-state index is 5.28. The molecule has 0 heterocycles. The molecule has 0 aliphatic rings. The average molecular weight is 355 g/mol. The normalized spacial score (nSPS) is 9.50. The third-order valence-electron chi connectivity index (χ3n) is 1.80. The van der Waals surface area contributed by atoms with Crippen molar-refractivity contribution in [3.05, 3.63) is 0 Å². The third kappa shape index (κ3) is 11.4. The van der Waals surface area contributed by atoms with Crippen LogP contribution in [0, 0.1) is 0 Å². The van der Waals surface area contributed by atoms with Gasteiger partial charge in [-0.3, -0.25) is 0 Å². The Bertz CT molecular complexity index is 323. The van der Waals surface area contributed by atoms with Crippen molar-refractivity contribution in [3.8, 4) is 0 Å². The molecule has 0 bridgehead atoms. The van der Waals surface area contributed by atoms with Gasteiger partial charge in [0.1, 0.15) is 13.2 Å². The fraction of sp³-hybridized carbons (Fsp3) is 0.667. The maximum absolute atomic E-state index is 5.28. The summed E-state index contributed by atoms with van der Waals surface area (Å²) in [6.07, 6.45) is 0.661. The van der Waals surface area contributed by atoms with E-state index in [0.29, 0.717) is 59.5 Å². The Labute approximate surface area is 141 Å². The van der Waals surface area contributed by atoms with Gasteiger partial charge in [0.2, 0.25) is 0 Å². The van der Waals surface area contributed by atoms with Gasteiger partial charge >= 0.3 is 0 Å². The van der Waals surface area contributed by atoms with Gasteiger partial charge in [0.05, 0.1) is 26.1 Å². The van der Waals surface area contributed by atoms with Crippen molar-refractivity contribution in [1.82, 2.24) is 0 Å². The van der Waals surface area contributed by atoms with Crippen molar-refractivity contribution in [2.24, 2.45) is 0 Å². The lowest BCUT2D eigenvalue weighted by molar-refractivity contribution is 0.203. The van der Waals surface area contributed by atoms with E-state index >= 15 is 0 Å². The van der Waals surface area contributed by atoms with Crippen LogP contribution in [-0.4, -0.2) is 46.6 Å². The Morgan fingerprint density at radius 1 is 0.600 bits per heavy atom. The molecule has 114 valence electrons. The molecule has 0 aromatic rings. The summed E-state index contributed by atoms with van der Waals surface area (Å²) < 4.78 is 20.8. The number of ether oxygens (including phenoxy) is 4. The molecule has 0 fully saturated rings. The van der Waals surface area contributed by atoms with Crippen molar-refractivity contribution >= 4 is 69.1 Å². The highest BCUT2D eigenvalue weighted by atomic mass is 32.1. The minimum absolute atomic E-state index is 0.301. The first-order valence-corrected chi connectivity index (χ1v) is 7.75. The molecule has 8 heteroatoms. The van der Waals surface area contributed by atoms with Crippen LogP contribution < -0.4 is 0 Å². The van der Waals surface area contributed by atoms with Gasteiger partial charge in [-0.05, 0) is 62.7 Å². The Hall–Kier alpha value is -0.440. The summed E-state index contributed by atoms with van der Waals surface area (Å²) in [5.74, 6) is 0. The van der Waals surface area contributed by atoms with E-state index in [0.717, 1.165) is 0 Å². The van der Waals surface area contributed by atoms with Crippen LogP contribution in [0.1, 0.15) is 26.7 Å². The van der Waals surface area contributed by atoms with Gasteiger partial charge in [0.25, 0.3) is 0 Å². The van der Waals surface area contributed by atoms with Gasteiger partial charge in [0, 0.05) is 0 Å². The predicted octanol–water partition coefficient (Wildman–Crippen LogP) is 3.18. The monoisotopic (exact) mass is 354 g/mol. The summed E-state index contributed by atoms with van der Waals surface area (Å²) in [6, 6.07) is 0. The Balaban J connectivity index is 3.65. The first-order valence-electron chi connectivity index (χ1n) is 6.12. The van der Waals surface area contributed by atoms with Gasteiger partial charge in [0.15, 0.2) is 20.2 Å². The molecule has 0 aromatic carbocycles. The van der Waals surface area contributed by atoms with Crippen LogP contribution in [0.2, 0.25) is 0 Å². The molecule has 0 radical (unpaired) electrons. The smallest absolute Gasteiger partial charge is 0.168 e. The predicted molar refractivity (Wildman–Crippen MR) is 94.8 cm³/mol. The molecule has 0 aliphatic heterocycles. The number of hydrogen-bond acceptors (Lipinski definition) is 8. The topological polar surface area (TPSA) is 36.9 Å². The molecule has 0 aromatic heterocycles. The Morgan fingerprint density at radius 3 is 1.20 bits per heavy atom. The summed E-state index contributed by atoms with van der Waals surface area (Å²) >= 11 is 19.9. The lowest BCUT2D eigenvalue weighted by Crippen LogP contribution is -2.16. The highest BCUT2D eigenvalue weighted by Gasteiger charge is 2.06.